The number of anilines is 5. The zero-order chi connectivity index (χ0) is 84.2. The lowest BCUT2D eigenvalue weighted by Crippen LogP contribution is -2.46. The Morgan fingerprint density at radius 2 is 0.786 bits per heavy atom. The largest absolute Gasteiger partial charge is 0.391 e. The third-order valence-corrected chi connectivity index (χ3v) is 16.7. The molecule has 0 saturated carbocycles. The first-order chi connectivity index (χ1) is 52.4. The van der Waals surface area contributed by atoms with Gasteiger partial charge in [0.1, 0.15) is 118 Å². The van der Waals surface area contributed by atoms with Crippen molar-refractivity contribution in [3.05, 3.63) is 101 Å². The van der Waals surface area contributed by atoms with Gasteiger partial charge in [-0.15, -0.1) is 0 Å². The highest BCUT2D eigenvalue weighted by Gasteiger charge is 2.64. The van der Waals surface area contributed by atoms with Crippen molar-refractivity contribution in [2.75, 3.05) is 62.0 Å². The quantitative estimate of drug-likeness (QED) is 0.0460. The van der Waals surface area contributed by atoms with Crippen molar-refractivity contribution in [1.29, 1.82) is 0 Å². The van der Waals surface area contributed by atoms with Gasteiger partial charge in [-0.1, -0.05) is 59.2 Å². The van der Waals surface area contributed by atoms with E-state index in [0.29, 0.717) is 20.0 Å². The van der Waals surface area contributed by atoms with Crippen LogP contribution >= 0.6 is 0 Å². The smallest absolute Gasteiger partial charge is 0.368 e. The highest BCUT2D eigenvalue weighted by Crippen LogP contribution is 2.47. The number of halogens is 11. The van der Waals surface area contributed by atoms with Gasteiger partial charge in [-0.2, -0.15) is 34.7 Å². The van der Waals surface area contributed by atoms with E-state index in [-0.39, 0.29) is 29.1 Å². The Morgan fingerprint density at radius 3 is 1.15 bits per heavy atom. The molecule has 0 aliphatic carbocycles. The summed E-state index contributed by atoms with van der Waals surface area (Å²) in [7, 11) is 0. The van der Waals surface area contributed by atoms with Crippen LogP contribution in [0.25, 0.3) is 0 Å². The predicted molar refractivity (Wildman–Crippen MR) is 361 cm³/mol. The molecule has 0 bridgehead atoms. The van der Waals surface area contributed by atoms with E-state index in [2.05, 4.69) is 35.0 Å². The SMILES string of the molecule is C[C@H](O)[C@H]1O[C@@H](n2cc(F)c(N)nc2=O)C(F)(C#CCF)[C@H]1O.C[C@H](O)[C@H]1O[C@@H](n2ccc(N)nc2=O)C(F)(C#CCF)[C@H]1O.C[C@H](O)[C@H]1O[C@@H](n2cnc(N)nc2=O)C(F)(C#CCF)[C@H]1O.C[C@H](O)[C@H]1O[C@@H](n2ncc(N)nc2=O)C(F)(C#CCF)[C@H]1O.Cc1cc(N)nc(=O)n1[C@@H]1O[C@H]([C@H](C)O)[C@H](O)C1(F)C#CCF. The second-order valence-electron chi connectivity index (χ2n) is 24.7. The molecule has 5 saturated heterocycles. The van der Waals surface area contributed by atoms with Crippen molar-refractivity contribution >= 4 is 29.2 Å². The van der Waals surface area contributed by atoms with E-state index < -0.39 is 224 Å². The van der Waals surface area contributed by atoms with Crippen LogP contribution in [0.2, 0.25) is 0 Å². The molecule has 37 nitrogen and oxygen atoms in total. The first-order valence-corrected chi connectivity index (χ1v) is 32.4. The Bertz CT molecular complexity index is 4530. The first kappa shape index (κ1) is 90.6. The zero-order valence-electron chi connectivity index (χ0n) is 59.0. The normalized spacial score (nSPS) is 32.0. The number of aliphatic hydroxyl groups is 10. The van der Waals surface area contributed by atoms with Gasteiger partial charge >= 0.3 is 28.4 Å². The van der Waals surface area contributed by atoms with Gasteiger partial charge in [0.05, 0.1) is 42.9 Å². The van der Waals surface area contributed by atoms with Gasteiger partial charge in [-0.25, -0.2) is 77.3 Å². The van der Waals surface area contributed by atoms with Crippen molar-refractivity contribution in [3.8, 4) is 59.2 Å². The van der Waals surface area contributed by atoms with Crippen LogP contribution in [0, 0.1) is 71.9 Å². The van der Waals surface area contributed by atoms with Crippen LogP contribution in [0.3, 0.4) is 0 Å². The van der Waals surface area contributed by atoms with E-state index in [9.17, 15) is 101 Å². The van der Waals surface area contributed by atoms with Gasteiger partial charge < -0.3 is 103 Å². The molecule has 25 atom stereocenters. The molecule has 112 heavy (non-hydrogen) atoms. The maximum Gasteiger partial charge on any atom is 0.368 e. The summed E-state index contributed by atoms with van der Waals surface area (Å²) in [5.41, 5.74) is 7.48. The van der Waals surface area contributed by atoms with Gasteiger partial charge in [-0.3, -0.25) is 18.3 Å². The number of hydrogen-bond acceptors (Lipinski definition) is 32. The van der Waals surface area contributed by atoms with Crippen LogP contribution < -0.4 is 57.1 Å². The molecule has 0 spiro atoms. The number of ether oxygens (including phenoxy) is 5. The van der Waals surface area contributed by atoms with Crippen molar-refractivity contribution < 1.29 is 123 Å². The Labute approximate surface area is 623 Å². The van der Waals surface area contributed by atoms with Crippen molar-refractivity contribution in [2.45, 2.75) is 193 Å². The third kappa shape index (κ3) is 19.1. The summed E-state index contributed by atoms with van der Waals surface area (Å²) in [5.74, 6) is 16.3. The fraction of sp³-hybridized carbons (Fsp3) is 0.562. The van der Waals surface area contributed by atoms with Gasteiger partial charge in [0.2, 0.25) is 40.5 Å². The summed E-state index contributed by atoms with van der Waals surface area (Å²) < 4.78 is 180. The molecule has 612 valence electrons. The molecule has 5 aliphatic rings. The highest BCUT2D eigenvalue weighted by molar-refractivity contribution is 5.33. The van der Waals surface area contributed by atoms with E-state index in [0.717, 1.165) is 27.9 Å². The molecule has 0 aromatic carbocycles. The van der Waals surface area contributed by atoms with Gasteiger partial charge in [0.25, 0.3) is 0 Å². The fourth-order valence-electron chi connectivity index (χ4n) is 11.4. The number of aromatic nitrogens is 12. The molecule has 5 aliphatic heterocycles. The number of hydrogen-bond donors (Lipinski definition) is 15. The average molecular weight is 1610 g/mol. The van der Waals surface area contributed by atoms with E-state index in [4.69, 9.17) is 52.4 Å². The maximum atomic E-state index is 15.3. The average Bonchev–Trinajstić information content (AvgIpc) is 1.65. The molecular formula is C64H74F11N17O20. The number of alkyl halides is 10. The van der Waals surface area contributed by atoms with E-state index >= 15 is 22.0 Å². The molecule has 5 aromatic rings. The van der Waals surface area contributed by atoms with Crippen LogP contribution in [0.1, 0.15) is 71.5 Å². The number of aliphatic hydroxyl groups excluding tert-OH is 10. The van der Waals surface area contributed by atoms with E-state index in [1.54, 1.807) is 5.92 Å². The molecule has 10 heterocycles. The summed E-state index contributed by atoms with van der Waals surface area (Å²) in [4.78, 5) is 79.6. The van der Waals surface area contributed by atoms with Crippen LogP contribution in [0.15, 0.2) is 61.0 Å². The van der Waals surface area contributed by atoms with Crippen LogP contribution in [-0.4, -0.2) is 262 Å². The molecule has 5 aromatic heterocycles. The van der Waals surface area contributed by atoms with Crippen molar-refractivity contribution in [2.24, 2.45) is 0 Å². The number of nitrogen functional groups attached to an aromatic ring is 5. The fourth-order valence-corrected chi connectivity index (χ4v) is 11.4. The first-order valence-electron chi connectivity index (χ1n) is 32.4. The number of nitrogens with two attached hydrogens (primary N) is 5. The summed E-state index contributed by atoms with van der Waals surface area (Å²) in [5, 5.41) is 102. The molecular weight excluding hydrogens is 1540 g/mol. The van der Waals surface area contributed by atoms with Crippen LogP contribution in [0.5, 0.6) is 0 Å². The topological polar surface area (TPSA) is 579 Å². The molecule has 5 fully saturated rings. The summed E-state index contributed by atoms with van der Waals surface area (Å²) in [6, 6.07) is 2.55. The minimum atomic E-state index is -2.96. The Balaban J connectivity index is 0.000000218. The standard InChI is InChI=1S/C14H17F2N3O4.C13H14F3N3O4.C13H15F2N3O4.2C12H14F2N4O4/c1-7-6-9(17)18-13(22)19(7)12-14(16,4-3-5-15)11(21)10(23-12)8(2)20;1-6(20)8-9(21)13(16,3-2-4-14)11(23-8)19-5-7(15)10(17)18-12(19)22;1-7(19)9-10(20)13(15,4-2-5-14)11(22-9)18-6-3-8(16)17-12(18)21;1-6(19)7-8(20)12(14,3-2-4-13)9(22-7)18-5-16-10(15)17-11(18)21;1-6(19)8-9(20)12(14,3-2-4-13)10(22-8)18-11(21)17-7(15)5-16-18/h6,8,10-12,20-21H,5H2,1-2H3,(H2,17,18,22);5-6,8-9,11,20-21H,4H2,1H3,(H2,17,18,22);3,6-7,9-11,19-20H,5H2,1H3,(H2,16,17,21);5-9,19-20H,4H2,1H3,(H2,15,17,21);5-6,8-10,19-20H,4H2,1H3,(H2,15,17,21)/t8-,10+,11-,12+,14?;6-,8+,9-,11+,13?;7-,9+,10-,11+,13?;6-,7+,8-,9+,12?;6-,8+,9-,10+,12?/m00000/s1. The van der Waals surface area contributed by atoms with Crippen LogP contribution in [0.4, 0.5) is 77.5 Å². The van der Waals surface area contributed by atoms with E-state index in [1.807, 2.05) is 53.3 Å². The Kier molecular flexibility index (Phi) is 30.2. The molecule has 10 rings (SSSR count). The third-order valence-electron chi connectivity index (χ3n) is 16.7. The molecule has 48 heteroatoms. The molecule has 5 unspecified atom stereocenters. The second-order valence-corrected chi connectivity index (χ2v) is 24.7. The lowest BCUT2D eigenvalue weighted by atomic mass is 9.94. The van der Waals surface area contributed by atoms with E-state index in [1.165, 1.54) is 53.7 Å². The lowest BCUT2D eigenvalue weighted by molar-refractivity contribution is -0.0849. The Morgan fingerprint density at radius 1 is 0.455 bits per heavy atom. The summed E-state index contributed by atoms with van der Waals surface area (Å²) in [6.45, 7) is 1.96. The monoisotopic (exact) mass is 1610 g/mol. The second kappa shape index (κ2) is 37.3. The number of rotatable bonds is 10. The maximum absolute atomic E-state index is 15.3. The minimum absolute atomic E-state index is 0.0614. The van der Waals surface area contributed by atoms with Gasteiger partial charge in [-0.05, 0) is 53.7 Å². The molecule has 20 N–H and O–H groups in total. The predicted octanol–water partition coefficient (Wildman–Crippen LogP) is -5.03. The van der Waals surface area contributed by atoms with Gasteiger partial charge in [0.15, 0.2) is 36.5 Å². The summed E-state index contributed by atoms with van der Waals surface area (Å²) in [6.07, 6.45) is -28.2. The van der Waals surface area contributed by atoms with Gasteiger partial charge in [0, 0.05) is 11.9 Å². The van der Waals surface area contributed by atoms with Crippen LogP contribution in [-0.2, 0) is 23.7 Å². The lowest BCUT2D eigenvalue weighted by Gasteiger charge is -2.25. The minimum Gasteiger partial charge on any atom is -0.391 e. The number of nitrogens with zero attached hydrogens (tertiary/aromatic N) is 12. The number of aryl methyl sites for hydroxylation is 1. The summed E-state index contributed by atoms with van der Waals surface area (Å²) >= 11 is 0. The molecule has 0 radical (unpaired) electrons. The Hall–Kier alpha value is -10.3. The van der Waals surface area contributed by atoms with Crippen molar-refractivity contribution in [3.63, 3.8) is 0 Å². The molecule has 0 amide bonds. The van der Waals surface area contributed by atoms with Crippen molar-refractivity contribution in [1.82, 2.24) is 58.0 Å². The zero-order valence-corrected chi connectivity index (χ0v) is 59.0. The highest BCUT2D eigenvalue weighted by atomic mass is 19.2.